The number of allylic oxidation sites excluding steroid dienone is 1. The van der Waals surface area contributed by atoms with Crippen LogP contribution in [0.15, 0.2) is 11.1 Å². The van der Waals surface area contributed by atoms with Gasteiger partial charge in [0.15, 0.2) is 5.78 Å². The highest BCUT2D eigenvalue weighted by Crippen LogP contribution is 2.74. The highest BCUT2D eigenvalue weighted by molar-refractivity contribution is 5.85. The number of aliphatic hydroxyl groups excluding tert-OH is 2. The number of epoxide rings is 1. The number of fused-ring (bicyclic) bond motifs is 5. The van der Waals surface area contributed by atoms with Crippen LogP contribution in [0.4, 0.5) is 0 Å². The molecule has 2 N–H and O–H groups in total. The normalized spacial score (nSPS) is 46.5. The Morgan fingerprint density at radius 3 is 2.32 bits per heavy atom. The molecule has 5 rings (SSSR count). The van der Waals surface area contributed by atoms with Gasteiger partial charge in [-0.3, -0.25) is 9.59 Å². The zero-order valence-electron chi connectivity index (χ0n) is 25.0. The molecular formula is C32H50O6. The Bertz CT molecular complexity index is 1060. The van der Waals surface area contributed by atoms with Gasteiger partial charge in [0.2, 0.25) is 0 Å². The first-order chi connectivity index (χ1) is 17.4. The molecule has 3 saturated carbocycles. The van der Waals surface area contributed by atoms with Gasteiger partial charge >= 0.3 is 5.97 Å². The van der Waals surface area contributed by atoms with Crippen molar-refractivity contribution in [1.29, 1.82) is 0 Å². The summed E-state index contributed by atoms with van der Waals surface area (Å²) in [6.07, 6.45) is 3.89. The van der Waals surface area contributed by atoms with Crippen molar-refractivity contribution >= 4 is 11.8 Å². The summed E-state index contributed by atoms with van der Waals surface area (Å²) in [5.74, 6) is 0.0731. The lowest BCUT2D eigenvalue weighted by Gasteiger charge is -2.69. The summed E-state index contributed by atoms with van der Waals surface area (Å²) in [5.41, 5.74) is 1.52. The van der Waals surface area contributed by atoms with E-state index in [2.05, 4.69) is 27.7 Å². The molecule has 0 radical (unpaired) electrons. The topological polar surface area (TPSA) is 96.4 Å². The van der Waals surface area contributed by atoms with Gasteiger partial charge in [-0.15, -0.1) is 0 Å². The van der Waals surface area contributed by atoms with E-state index in [0.717, 1.165) is 32.1 Å². The molecule has 0 aromatic carbocycles. The number of esters is 1. The molecule has 0 amide bonds. The summed E-state index contributed by atoms with van der Waals surface area (Å²) in [4.78, 5) is 25.0. The zero-order valence-corrected chi connectivity index (χ0v) is 25.0. The number of carbonyl (C=O) groups is 2. The Morgan fingerprint density at radius 1 is 1.11 bits per heavy atom. The molecule has 0 spiro atoms. The molecule has 0 aromatic rings. The third kappa shape index (κ3) is 3.83. The van der Waals surface area contributed by atoms with Gasteiger partial charge in [-0.05, 0) is 86.4 Å². The quantitative estimate of drug-likeness (QED) is 0.281. The van der Waals surface area contributed by atoms with Crippen LogP contribution in [0.3, 0.4) is 0 Å². The number of aliphatic hydroxyl groups is 2. The summed E-state index contributed by atoms with van der Waals surface area (Å²) in [7, 11) is 0. The van der Waals surface area contributed by atoms with E-state index in [9.17, 15) is 19.8 Å². The van der Waals surface area contributed by atoms with Gasteiger partial charge in [0, 0.05) is 18.8 Å². The minimum atomic E-state index is -0.929. The molecule has 38 heavy (non-hydrogen) atoms. The molecule has 1 aliphatic heterocycles. The van der Waals surface area contributed by atoms with E-state index < -0.39 is 17.6 Å². The fraction of sp³-hybridized carbons (Fsp3) is 0.875. The third-order valence-corrected chi connectivity index (χ3v) is 12.5. The monoisotopic (exact) mass is 530 g/mol. The zero-order chi connectivity index (χ0) is 28.2. The second-order valence-corrected chi connectivity index (χ2v) is 15.4. The number of hydrogen-bond donors (Lipinski definition) is 2. The van der Waals surface area contributed by atoms with E-state index in [1.165, 1.54) is 18.1 Å². The van der Waals surface area contributed by atoms with E-state index >= 15 is 0 Å². The summed E-state index contributed by atoms with van der Waals surface area (Å²) < 4.78 is 11.6. The summed E-state index contributed by atoms with van der Waals surface area (Å²) in [6, 6.07) is 0. The second-order valence-electron chi connectivity index (χ2n) is 15.4. The molecular weight excluding hydrogens is 480 g/mol. The van der Waals surface area contributed by atoms with Crippen LogP contribution >= 0.6 is 0 Å². The molecule has 1 saturated heterocycles. The van der Waals surface area contributed by atoms with Crippen LogP contribution in [0.2, 0.25) is 0 Å². The fourth-order valence-electron chi connectivity index (χ4n) is 10.5. The van der Waals surface area contributed by atoms with Crippen molar-refractivity contribution in [3.8, 4) is 0 Å². The van der Waals surface area contributed by atoms with Crippen molar-refractivity contribution in [2.24, 2.45) is 39.4 Å². The molecule has 6 heteroatoms. The van der Waals surface area contributed by atoms with Gasteiger partial charge in [-0.2, -0.15) is 0 Å². The van der Waals surface area contributed by atoms with Crippen LogP contribution in [0, 0.1) is 39.4 Å². The number of ether oxygens (including phenoxy) is 2. The first-order valence-corrected chi connectivity index (χ1v) is 14.9. The number of rotatable bonds is 5. The Hall–Kier alpha value is -1.24. The molecule has 4 aliphatic carbocycles. The Labute approximate surface area is 228 Å². The molecule has 0 bridgehead atoms. The van der Waals surface area contributed by atoms with E-state index in [1.54, 1.807) is 0 Å². The maximum Gasteiger partial charge on any atom is 0.302 e. The Morgan fingerprint density at radius 2 is 1.74 bits per heavy atom. The summed E-state index contributed by atoms with van der Waals surface area (Å²) in [6.45, 7) is 18.9. The maximum absolute atomic E-state index is 13.1. The first-order valence-electron chi connectivity index (χ1n) is 14.9. The van der Waals surface area contributed by atoms with Gasteiger partial charge in [0.1, 0.15) is 18.3 Å². The first kappa shape index (κ1) is 28.3. The molecule has 6 nitrogen and oxygen atoms in total. The lowest BCUT2D eigenvalue weighted by atomic mass is 9.35. The van der Waals surface area contributed by atoms with Crippen LogP contribution in [0.25, 0.3) is 0 Å². The average molecular weight is 531 g/mol. The SMILES string of the molecule is CC(=O)OC(CC(C)C1=C2CC(O)C3C4(C)CC(=O)C(O)C(C)(C)C4CCC3(C)C2(C)CC1)C1OC1(C)C. The number of ketones is 1. The van der Waals surface area contributed by atoms with Crippen molar-refractivity contribution in [3.05, 3.63) is 11.1 Å². The predicted octanol–water partition coefficient (Wildman–Crippen LogP) is 5.38. The van der Waals surface area contributed by atoms with E-state index in [0.29, 0.717) is 12.8 Å². The van der Waals surface area contributed by atoms with Gasteiger partial charge in [-0.25, -0.2) is 0 Å². The fourth-order valence-corrected chi connectivity index (χ4v) is 10.5. The molecule has 0 aromatic heterocycles. The van der Waals surface area contributed by atoms with Gasteiger partial charge in [0.05, 0.1) is 11.7 Å². The molecule has 214 valence electrons. The second kappa shape index (κ2) is 8.63. The highest BCUT2D eigenvalue weighted by atomic mass is 16.6. The Kier molecular flexibility index (Phi) is 6.43. The number of Topliss-reactive ketones (excluding diaryl/α,β-unsaturated/α-hetero) is 1. The van der Waals surface area contributed by atoms with Gasteiger partial charge < -0.3 is 19.7 Å². The van der Waals surface area contributed by atoms with Crippen LogP contribution in [-0.2, 0) is 19.1 Å². The standard InChI is InChI=1S/C32H50O6/c1-17(14-23(37-18(2)33)27-29(5,6)38-27)19-10-12-31(8)20(19)15-21(34)25-30(7)16-22(35)26(36)28(3,4)24(30)11-13-32(25,31)9/h17,21,23-27,34,36H,10-16H2,1-9H3. The van der Waals surface area contributed by atoms with Crippen LogP contribution in [0.1, 0.15) is 107 Å². The van der Waals surface area contributed by atoms with Crippen molar-refractivity contribution in [3.63, 3.8) is 0 Å². The summed E-state index contributed by atoms with van der Waals surface area (Å²) >= 11 is 0. The molecule has 10 atom stereocenters. The van der Waals surface area contributed by atoms with E-state index in [4.69, 9.17) is 9.47 Å². The highest BCUT2D eigenvalue weighted by Gasteiger charge is 2.70. The van der Waals surface area contributed by atoms with Crippen molar-refractivity contribution in [1.82, 2.24) is 0 Å². The summed E-state index contributed by atoms with van der Waals surface area (Å²) in [5, 5.41) is 22.8. The van der Waals surface area contributed by atoms with Crippen molar-refractivity contribution in [2.75, 3.05) is 0 Å². The molecule has 4 fully saturated rings. The predicted molar refractivity (Wildman–Crippen MR) is 145 cm³/mol. The third-order valence-electron chi connectivity index (χ3n) is 12.5. The van der Waals surface area contributed by atoms with E-state index in [-0.39, 0.29) is 63.6 Å². The van der Waals surface area contributed by atoms with Gasteiger partial charge in [0.25, 0.3) is 0 Å². The molecule has 5 aliphatic rings. The molecule has 10 unspecified atom stereocenters. The molecule has 1 heterocycles. The number of hydrogen-bond acceptors (Lipinski definition) is 6. The lowest BCUT2D eigenvalue weighted by molar-refractivity contribution is -0.222. The van der Waals surface area contributed by atoms with Crippen LogP contribution in [-0.4, -0.2) is 52.0 Å². The minimum Gasteiger partial charge on any atom is -0.460 e. The average Bonchev–Trinajstić information content (AvgIpc) is 3.28. The van der Waals surface area contributed by atoms with Crippen molar-refractivity contribution in [2.45, 2.75) is 137 Å². The van der Waals surface area contributed by atoms with Crippen LogP contribution in [0.5, 0.6) is 0 Å². The maximum atomic E-state index is 13.1. The largest absolute Gasteiger partial charge is 0.460 e. The smallest absolute Gasteiger partial charge is 0.302 e. The lowest BCUT2D eigenvalue weighted by Crippen LogP contribution is -2.67. The van der Waals surface area contributed by atoms with Crippen molar-refractivity contribution < 1.29 is 29.3 Å². The van der Waals surface area contributed by atoms with E-state index in [1.807, 2.05) is 27.7 Å². The number of carbonyl (C=O) groups excluding carboxylic acids is 2. The minimum absolute atomic E-state index is 0.00217. The van der Waals surface area contributed by atoms with Gasteiger partial charge in [-0.1, -0.05) is 52.7 Å². The van der Waals surface area contributed by atoms with Crippen LogP contribution < -0.4 is 0 Å². The Balaban J connectivity index is 1.48.